The van der Waals surface area contributed by atoms with E-state index < -0.39 is 52.5 Å². The molecule has 17 nitrogen and oxygen atoms in total. The number of pyridine rings is 3. The Labute approximate surface area is 885 Å². The SMILES string of the molecule is C.C.C.C.CNC1CCC(N(Cc2cc(-c3ccncc3)ccc2OC)C(=O)c2sc3c(F)ccc(F)c3c2Cl)CC1.CNC1CCC(N(Cc2cc(-c3ccncc3)ccc2OC)C(=O)c2sc3c(F)ccc(F)c3c2Cl)CC1.COc1ccc(-c2ccncc2)cc1CN(C(=O)c1sc2c(F)ccc(F)c2c1Cl)C1CCC(N(C)C(=O)OC(C)(C)C)CC1.Cl.Cl.PP(P)P(P)P.PPP(P)P(P)P. The number of fused-ring (bicyclic) bond motifs is 3. The van der Waals surface area contributed by atoms with Crippen molar-refractivity contribution in [2.24, 2.45) is 0 Å². The third-order valence-corrected chi connectivity index (χ3v) is 80.2. The number of carbonyl (C=O) groups excluding carboxylic acids is 4. The van der Waals surface area contributed by atoms with Crippen LogP contribution in [0.3, 0.4) is 0 Å². The molecule has 3 aliphatic rings. The molecule has 6 heterocycles. The average Bonchev–Trinajstić information content (AvgIpc) is 1.62. The molecule has 0 saturated heterocycles. The van der Waals surface area contributed by atoms with E-state index in [1.807, 2.05) is 126 Å². The summed E-state index contributed by atoms with van der Waals surface area (Å²) in [6.45, 7) is 6.98. The van der Waals surface area contributed by atoms with Crippen LogP contribution >= 0.6 is 201 Å². The first-order chi connectivity index (χ1) is 64.0. The molecule has 12 aromatic rings. The lowest BCUT2D eigenvalue weighted by Crippen LogP contribution is -2.47. The minimum Gasteiger partial charge on any atom is -0.496 e. The molecule has 0 radical (unpaired) electrons. The second-order valence-electron chi connectivity index (χ2n) is 32.8. The van der Waals surface area contributed by atoms with Crippen LogP contribution < -0.4 is 24.8 Å². The van der Waals surface area contributed by atoms with Crippen molar-refractivity contribution in [2.45, 2.75) is 189 Å². The Balaban J connectivity index is 0.000000341. The van der Waals surface area contributed by atoms with E-state index in [-0.39, 0.29) is 198 Å². The molecular weight excluding hydrogens is 2200 g/mol. The molecule has 2 N–H and O–H groups in total. The second kappa shape index (κ2) is 60.2. The van der Waals surface area contributed by atoms with Crippen molar-refractivity contribution >= 4 is 255 Å². The van der Waals surface area contributed by atoms with Gasteiger partial charge in [-0.1, -0.05) is 90.7 Å². The summed E-state index contributed by atoms with van der Waals surface area (Å²) in [5.74, 6) is -2.98. The molecule has 3 aliphatic carbocycles. The summed E-state index contributed by atoms with van der Waals surface area (Å²) in [4.78, 5) is 75.0. The van der Waals surface area contributed by atoms with Gasteiger partial charge in [0.05, 0.1) is 66.7 Å². The quantitative estimate of drug-likeness (QED) is 0.0431. The summed E-state index contributed by atoms with van der Waals surface area (Å²) in [6.07, 6.45) is 19.3. The number of benzene rings is 6. The Morgan fingerprint density at radius 3 is 0.893 bits per heavy atom. The highest BCUT2D eigenvalue weighted by atomic mass is 35.5. The first-order valence-electron chi connectivity index (χ1n) is 42.5. The van der Waals surface area contributed by atoms with Crippen LogP contribution in [0.2, 0.25) is 15.1 Å². The number of methoxy groups -OCH3 is 3. The molecular formula is C96H127Cl5F6N9O8P13S3. The van der Waals surface area contributed by atoms with E-state index in [0.29, 0.717) is 55.0 Å². The van der Waals surface area contributed by atoms with Gasteiger partial charge in [-0.05, 0) is 282 Å². The van der Waals surface area contributed by atoms with Crippen molar-refractivity contribution in [2.75, 3.05) is 42.5 Å². The third-order valence-electron chi connectivity index (χ3n) is 23.4. The summed E-state index contributed by atoms with van der Waals surface area (Å²) in [7, 11) is 34.0. The third kappa shape index (κ3) is 32.9. The predicted octanol–water partition coefficient (Wildman–Crippen LogP) is 32.9. The lowest BCUT2D eigenvalue weighted by Gasteiger charge is -2.40. The standard InChI is InChI=1S/C34H36ClF2N3O4S.2C29H28ClF2N3O2S.4CH4.2ClH.H9P7.H8P6/c1-34(2,3)44-33(42)39(4)23-7-9-24(10-8-23)40(32(41)31-29(35)28-25(36)11-12-26(37)30(28)45-31)19-22-18-21(6-13-27(22)43-5)20-14-16-38-17-15-20;2*1-33-20-4-6-21(7-5-20)35(29(36)28-26(30)25-22(31)8-9-23(32)27(25)38-28)16-19-15-18(3-10-24(19)37-2)17-11-13-34-14-12-17;;;;;;;1-5-7(4)6(2)3;1-5(2)6(3)4/h6,11-18,23-24H,7-10,19H2,1-5H3;2*3,8-15,20-21,33H,4-7,16H2,1-2H3;4*1H4;2*1H;5H,1-4H2;1-4H2. The van der Waals surface area contributed by atoms with Crippen LogP contribution in [-0.2, 0) is 24.4 Å². The number of nitrogens with zero attached hydrogens (tertiary/aromatic N) is 7. The van der Waals surface area contributed by atoms with E-state index in [9.17, 15) is 45.5 Å². The van der Waals surface area contributed by atoms with E-state index in [1.54, 1.807) is 85.2 Å². The lowest BCUT2D eigenvalue weighted by atomic mass is 9.89. The Kier molecular flexibility index (Phi) is 54.5. The number of ether oxygens (including phenoxy) is 4. The number of carbonyl (C=O) groups is 4. The van der Waals surface area contributed by atoms with Gasteiger partial charge in [0.25, 0.3) is 17.7 Å². The predicted molar refractivity (Wildman–Crippen MR) is 624 cm³/mol. The summed E-state index contributed by atoms with van der Waals surface area (Å²) >= 11 is 22.3. The first kappa shape index (κ1) is 127. The summed E-state index contributed by atoms with van der Waals surface area (Å²) in [6, 6.07) is 35.6. The van der Waals surface area contributed by atoms with Gasteiger partial charge >= 0.3 is 6.09 Å². The Bertz CT molecular complexity index is 5810. The normalized spacial score (nSPS) is 16.2. The highest BCUT2D eigenvalue weighted by molar-refractivity contribution is 8.98. The van der Waals surface area contributed by atoms with Gasteiger partial charge in [-0.25, -0.2) is 31.1 Å². The number of thiophene rings is 3. The lowest BCUT2D eigenvalue weighted by molar-refractivity contribution is 0.0144. The van der Waals surface area contributed by atoms with E-state index in [2.05, 4.69) is 97.0 Å². The molecule has 44 heteroatoms. The highest BCUT2D eigenvalue weighted by Gasteiger charge is 2.39. The average molecular weight is 2330 g/mol. The van der Waals surface area contributed by atoms with Crippen LogP contribution in [0.15, 0.2) is 165 Å². The highest BCUT2D eigenvalue weighted by Crippen LogP contribution is 2.92. The molecule has 3 fully saturated rings. The van der Waals surface area contributed by atoms with E-state index in [4.69, 9.17) is 53.8 Å². The molecule has 0 spiro atoms. The summed E-state index contributed by atoms with van der Waals surface area (Å²) in [5.41, 5.74) is 7.63. The van der Waals surface area contributed by atoms with Gasteiger partial charge < -0.3 is 49.2 Å². The molecule has 15 rings (SSSR count). The van der Waals surface area contributed by atoms with E-state index >= 15 is 0 Å². The molecule has 764 valence electrons. The molecule has 10 unspecified atom stereocenters. The number of rotatable bonds is 24. The number of nitrogens with one attached hydrogen (secondary N) is 2. The van der Waals surface area contributed by atoms with Crippen LogP contribution in [0, 0.1) is 34.9 Å². The van der Waals surface area contributed by atoms with Gasteiger partial charge in [0.15, 0.2) is 0 Å². The molecule has 6 aromatic heterocycles. The molecule has 0 aliphatic heterocycles. The largest absolute Gasteiger partial charge is 0.496 e. The van der Waals surface area contributed by atoms with Gasteiger partial charge in [0.1, 0.15) is 72.4 Å². The van der Waals surface area contributed by atoms with E-state index in [1.165, 1.54) is 0 Å². The smallest absolute Gasteiger partial charge is 0.410 e. The van der Waals surface area contributed by atoms with Gasteiger partial charge in [-0.2, -0.15) is 0 Å². The minimum absolute atomic E-state index is 0. The Morgan fingerprint density at radius 2 is 0.671 bits per heavy atom. The Hall–Kier alpha value is -3.73. The number of halogens is 11. The zero-order valence-electron chi connectivity index (χ0n) is 75.9. The van der Waals surface area contributed by atoms with Gasteiger partial charge in [0, 0.05) is 117 Å². The first-order valence-corrected chi connectivity index (χ1v) is 67.9. The Morgan fingerprint density at radius 1 is 0.414 bits per heavy atom. The van der Waals surface area contributed by atoms with Crippen molar-refractivity contribution < 1.29 is 64.5 Å². The molecule has 0 bridgehead atoms. The fraction of sp³-hybridized carbons (Fsp3) is 0.365. The monoisotopic (exact) mass is 2320 g/mol. The van der Waals surface area contributed by atoms with Gasteiger partial charge in [-0.15, -0.1) is 130 Å². The van der Waals surface area contributed by atoms with Crippen molar-refractivity contribution in [3.8, 4) is 50.6 Å². The maximum absolute atomic E-state index is 14.8. The van der Waals surface area contributed by atoms with Crippen LogP contribution in [0.1, 0.15) is 173 Å². The fourth-order valence-electron chi connectivity index (χ4n) is 16.3. The van der Waals surface area contributed by atoms with Crippen LogP contribution in [0.25, 0.3) is 63.6 Å². The molecule has 10 atom stereocenters. The van der Waals surface area contributed by atoms with Crippen molar-refractivity contribution in [1.29, 1.82) is 0 Å². The number of hydrogen-bond donors (Lipinski definition) is 2. The van der Waals surface area contributed by atoms with Crippen LogP contribution in [0.4, 0.5) is 31.1 Å². The maximum atomic E-state index is 14.8. The summed E-state index contributed by atoms with van der Waals surface area (Å²) < 4.78 is 110. The van der Waals surface area contributed by atoms with Crippen molar-refractivity contribution in [3.05, 3.63) is 246 Å². The topological polar surface area (TPSA) is 181 Å². The zero-order valence-corrected chi connectivity index (χ0v) is 96.1. The number of hydrogen-bond acceptors (Lipinski definition) is 16. The minimum atomic E-state index is -0.685. The number of amides is 4. The van der Waals surface area contributed by atoms with Crippen molar-refractivity contribution in [3.63, 3.8) is 0 Å². The molecule has 4 amide bonds. The zero-order chi connectivity index (χ0) is 97.1. The van der Waals surface area contributed by atoms with Gasteiger partial charge in [-0.3, -0.25) is 29.3 Å². The maximum Gasteiger partial charge on any atom is 0.410 e. The van der Waals surface area contributed by atoms with Gasteiger partial charge in [0.2, 0.25) is 0 Å². The summed E-state index contributed by atoms with van der Waals surface area (Å²) in [5, 5.41) is 6.28. The van der Waals surface area contributed by atoms with E-state index in [0.717, 1.165) is 180 Å². The van der Waals surface area contributed by atoms with Crippen LogP contribution in [0.5, 0.6) is 17.2 Å². The van der Waals surface area contributed by atoms with Crippen molar-refractivity contribution in [1.82, 2.24) is 45.2 Å². The fourth-order valence-corrected chi connectivity index (χ4v) is 36.9. The number of aromatic nitrogens is 3. The molecule has 140 heavy (non-hydrogen) atoms. The molecule has 3 saturated carbocycles. The molecule has 6 aromatic carbocycles. The second-order valence-corrected chi connectivity index (χ2v) is 78.9. The van der Waals surface area contributed by atoms with Crippen LogP contribution in [-0.4, -0.2) is 143 Å².